The van der Waals surface area contributed by atoms with E-state index >= 15 is 0 Å². The van der Waals surface area contributed by atoms with Gasteiger partial charge in [0.2, 0.25) is 0 Å². The van der Waals surface area contributed by atoms with E-state index in [1.807, 2.05) is 19.1 Å². The van der Waals surface area contributed by atoms with Crippen molar-refractivity contribution in [1.29, 1.82) is 5.26 Å². The van der Waals surface area contributed by atoms with E-state index in [4.69, 9.17) is 5.26 Å². The lowest BCUT2D eigenvalue weighted by atomic mass is 9.68. The Morgan fingerprint density at radius 3 is 2.70 bits per heavy atom. The highest BCUT2D eigenvalue weighted by molar-refractivity contribution is 5.46. The van der Waals surface area contributed by atoms with Crippen molar-refractivity contribution in [2.45, 2.75) is 53.0 Å². The molecular formula is C17H23N3. The highest BCUT2D eigenvalue weighted by atomic mass is 15.1. The molecule has 0 aromatic carbocycles. The molecule has 1 heterocycles. The van der Waals surface area contributed by atoms with Crippen LogP contribution < -0.4 is 5.32 Å². The molecule has 106 valence electrons. The van der Waals surface area contributed by atoms with Gasteiger partial charge in [0.25, 0.3) is 0 Å². The van der Waals surface area contributed by atoms with Crippen LogP contribution in [0, 0.1) is 35.0 Å². The average Bonchev–Trinajstić information content (AvgIpc) is 2.85. The van der Waals surface area contributed by atoms with Crippen molar-refractivity contribution in [2.75, 3.05) is 5.32 Å². The summed E-state index contributed by atoms with van der Waals surface area (Å²) in [5, 5.41) is 12.8. The molecule has 1 N–H and O–H groups in total. The molecule has 20 heavy (non-hydrogen) atoms. The number of anilines is 1. The first-order chi connectivity index (χ1) is 9.35. The Morgan fingerprint density at radius 1 is 1.35 bits per heavy atom. The molecule has 3 heteroatoms. The average molecular weight is 269 g/mol. The van der Waals surface area contributed by atoms with Crippen molar-refractivity contribution >= 4 is 5.82 Å². The van der Waals surface area contributed by atoms with Crippen molar-refractivity contribution in [3.8, 4) is 6.07 Å². The number of hydrogen-bond acceptors (Lipinski definition) is 3. The van der Waals surface area contributed by atoms with E-state index in [-0.39, 0.29) is 0 Å². The third kappa shape index (κ3) is 1.90. The lowest BCUT2D eigenvalue weighted by Gasteiger charge is -2.43. The number of rotatable bonds is 2. The molecule has 0 saturated heterocycles. The Hall–Kier alpha value is -1.56. The zero-order valence-corrected chi connectivity index (χ0v) is 12.8. The summed E-state index contributed by atoms with van der Waals surface area (Å²) < 4.78 is 0. The third-order valence-corrected chi connectivity index (χ3v) is 5.64. The Morgan fingerprint density at radius 2 is 2.10 bits per heavy atom. The largest absolute Gasteiger partial charge is 0.366 e. The van der Waals surface area contributed by atoms with E-state index < -0.39 is 0 Å². The molecule has 2 aliphatic rings. The number of aromatic nitrogens is 1. The normalized spacial score (nSPS) is 34.0. The summed E-state index contributed by atoms with van der Waals surface area (Å²) in [6.07, 6.45) is 3.97. The molecule has 3 nitrogen and oxygen atoms in total. The van der Waals surface area contributed by atoms with Crippen LogP contribution in [-0.2, 0) is 0 Å². The lowest BCUT2D eigenvalue weighted by molar-refractivity contribution is 0.155. The van der Waals surface area contributed by atoms with Gasteiger partial charge in [-0.3, -0.25) is 0 Å². The van der Waals surface area contributed by atoms with E-state index in [9.17, 15) is 0 Å². The number of aryl methyl sites for hydroxylation is 1. The van der Waals surface area contributed by atoms with Gasteiger partial charge in [-0.25, -0.2) is 4.98 Å². The molecule has 0 radical (unpaired) electrons. The summed E-state index contributed by atoms with van der Waals surface area (Å²) in [5.41, 5.74) is 2.25. The summed E-state index contributed by atoms with van der Waals surface area (Å²) in [6, 6.07) is 6.36. The Bertz CT molecular complexity index is 580. The first-order valence-corrected chi connectivity index (χ1v) is 7.50. The Labute approximate surface area is 121 Å². The molecule has 3 atom stereocenters. The molecule has 1 aromatic heterocycles. The number of hydrogen-bond donors (Lipinski definition) is 1. The standard InChI is InChI=1S/C17H23N3/c1-11-7-12(10-18)8-14(19-11)20-15-16(2,3)13-5-6-17(15,4)9-13/h7-8,13,15H,5-6,9H2,1-4H3,(H,19,20). The quantitative estimate of drug-likeness (QED) is 0.886. The molecule has 2 bridgehead atoms. The maximum absolute atomic E-state index is 9.10. The molecule has 0 spiro atoms. The SMILES string of the molecule is Cc1cc(C#N)cc(NC2C3(C)CCC(C3)C2(C)C)n1. The smallest absolute Gasteiger partial charge is 0.127 e. The number of nitrogens with zero attached hydrogens (tertiary/aromatic N) is 2. The number of nitriles is 1. The van der Waals surface area contributed by atoms with E-state index in [0.29, 0.717) is 22.4 Å². The van der Waals surface area contributed by atoms with Gasteiger partial charge < -0.3 is 5.32 Å². The van der Waals surface area contributed by atoms with Gasteiger partial charge in [-0.05, 0) is 55.1 Å². The van der Waals surface area contributed by atoms with Crippen molar-refractivity contribution < 1.29 is 0 Å². The van der Waals surface area contributed by atoms with Gasteiger partial charge in [-0.15, -0.1) is 0 Å². The number of nitrogens with one attached hydrogen (secondary N) is 1. The van der Waals surface area contributed by atoms with Crippen LogP contribution in [0.5, 0.6) is 0 Å². The zero-order valence-electron chi connectivity index (χ0n) is 12.8. The highest BCUT2D eigenvalue weighted by Crippen LogP contribution is 2.63. The molecule has 0 amide bonds. The van der Waals surface area contributed by atoms with Crippen LogP contribution in [0.15, 0.2) is 12.1 Å². The van der Waals surface area contributed by atoms with Crippen LogP contribution in [-0.4, -0.2) is 11.0 Å². The fourth-order valence-electron chi connectivity index (χ4n) is 4.62. The second-order valence-electron chi connectivity index (χ2n) is 7.49. The van der Waals surface area contributed by atoms with Crippen LogP contribution in [0.2, 0.25) is 0 Å². The Balaban J connectivity index is 1.92. The van der Waals surface area contributed by atoms with E-state index in [1.165, 1.54) is 19.3 Å². The molecule has 2 aliphatic carbocycles. The first-order valence-electron chi connectivity index (χ1n) is 7.50. The Kier molecular flexibility index (Phi) is 2.83. The minimum absolute atomic E-state index is 0.297. The van der Waals surface area contributed by atoms with Gasteiger partial charge in [0.05, 0.1) is 11.6 Å². The maximum Gasteiger partial charge on any atom is 0.127 e. The van der Waals surface area contributed by atoms with Crippen molar-refractivity contribution in [2.24, 2.45) is 16.7 Å². The molecule has 2 fully saturated rings. The van der Waals surface area contributed by atoms with Gasteiger partial charge in [-0.2, -0.15) is 5.26 Å². The van der Waals surface area contributed by atoms with Gasteiger partial charge in [0, 0.05) is 11.7 Å². The second kappa shape index (κ2) is 4.22. The summed E-state index contributed by atoms with van der Waals surface area (Å²) >= 11 is 0. The summed E-state index contributed by atoms with van der Waals surface area (Å²) in [6.45, 7) is 9.10. The van der Waals surface area contributed by atoms with Crippen molar-refractivity contribution in [3.63, 3.8) is 0 Å². The summed E-state index contributed by atoms with van der Waals surface area (Å²) in [4.78, 5) is 4.56. The van der Waals surface area contributed by atoms with Crippen LogP contribution in [0.1, 0.15) is 51.3 Å². The summed E-state index contributed by atoms with van der Waals surface area (Å²) in [5.74, 6) is 1.67. The van der Waals surface area contributed by atoms with Gasteiger partial charge >= 0.3 is 0 Å². The predicted molar refractivity (Wildman–Crippen MR) is 80.3 cm³/mol. The van der Waals surface area contributed by atoms with E-state index in [1.54, 1.807) is 0 Å². The fraction of sp³-hybridized carbons (Fsp3) is 0.647. The first kappa shape index (κ1) is 13.4. The predicted octanol–water partition coefficient (Wildman–Crippen LogP) is 3.89. The topological polar surface area (TPSA) is 48.7 Å². The number of fused-ring (bicyclic) bond motifs is 2. The second-order valence-corrected chi connectivity index (χ2v) is 7.49. The molecule has 1 aromatic rings. The van der Waals surface area contributed by atoms with Gasteiger partial charge in [-0.1, -0.05) is 20.8 Å². The molecule has 3 unspecified atom stereocenters. The third-order valence-electron chi connectivity index (χ3n) is 5.64. The van der Waals surface area contributed by atoms with Crippen LogP contribution in [0.25, 0.3) is 0 Å². The maximum atomic E-state index is 9.10. The summed E-state index contributed by atoms with van der Waals surface area (Å²) in [7, 11) is 0. The minimum Gasteiger partial charge on any atom is -0.366 e. The lowest BCUT2D eigenvalue weighted by Crippen LogP contribution is -2.46. The highest BCUT2D eigenvalue weighted by Gasteiger charge is 2.59. The fourth-order valence-corrected chi connectivity index (χ4v) is 4.62. The van der Waals surface area contributed by atoms with E-state index in [0.717, 1.165) is 17.4 Å². The van der Waals surface area contributed by atoms with Crippen LogP contribution >= 0.6 is 0 Å². The monoisotopic (exact) mass is 269 g/mol. The molecular weight excluding hydrogens is 246 g/mol. The molecule has 0 aliphatic heterocycles. The molecule has 3 rings (SSSR count). The zero-order chi connectivity index (χ0) is 14.5. The molecule has 2 saturated carbocycles. The minimum atomic E-state index is 0.297. The van der Waals surface area contributed by atoms with Gasteiger partial charge in [0.1, 0.15) is 5.82 Å². The van der Waals surface area contributed by atoms with Crippen LogP contribution in [0.4, 0.5) is 5.82 Å². The number of pyridine rings is 1. The van der Waals surface area contributed by atoms with E-state index in [2.05, 4.69) is 37.1 Å². The van der Waals surface area contributed by atoms with Crippen molar-refractivity contribution in [3.05, 3.63) is 23.4 Å². The van der Waals surface area contributed by atoms with Crippen LogP contribution in [0.3, 0.4) is 0 Å². The van der Waals surface area contributed by atoms with Crippen molar-refractivity contribution in [1.82, 2.24) is 4.98 Å². The van der Waals surface area contributed by atoms with Gasteiger partial charge in [0.15, 0.2) is 0 Å².